The van der Waals surface area contributed by atoms with Gasteiger partial charge in [-0.1, -0.05) is 12.1 Å². The van der Waals surface area contributed by atoms with E-state index in [1.54, 1.807) is 0 Å². The molecule has 1 fully saturated rings. The van der Waals surface area contributed by atoms with Gasteiger partial charge in [0.1, 0.15) is 0 Å². The summed E-state index contributed by atoms with van der Waals surface area (Å²) < 4.78 is 8.13. The summed E-state index contributed by atoms with van der Waals surface area (Å²) in [4.78, 5) is 19.4. The minimum atomic E-state index is -0.138. The second kappa shape index (κ2) is 9.34. The monoisotopic (exact) mass is 438 g/mol. The molecule has 3 heterocycles. The van der Waals surface area contributed by atoms with Gasteiger partial charge < -0.3 is 14.2 Å². The van der Waals surface area contributed by atoms with Crippen molar-refractivity contribution in [1.29, 1.82) is 0 Å². The molecule has 7 heteroatoms. The Morgan fingerprint density at radius 3 is 2.74 bits per heavy atom. The smallest absolute Gasteiger partial charge is 0.257 e. The number of nitrogens with one attached hydrogen (secondary N) is 1. The Morgan fingerprint density at radius 2 is 2.06 bits per heavy atom. The third-order valence-electron chi connectivity index (χ3n) is 5.70. The van der Waals surface area contributed by atoms with Gasteiger partial charge in [-0.2, -0.15) is 0 Å². The summed E-state index contributed by atoms with van der Waals surface area (Å²) in [5.74, 6) is -0.138. The van der Waals surface area contributed by atoms with E-state index in [2.05, 4.69) is 39.7 Å². The summed E-state index contributed by atoms with van der Waals surface area (Å²) in [5, 5.41) is 5.56. The first-order valence-corrected chi connectivity index (χ1v) is 11.6. The van der Waals surface area contributed by atoms with Crippen molar-refractivity contribution in [2.24, 2.45) is 0 Å². The lowest BCUT2D eigenvalue weighted by molar-refractivity contribution is 0.0962. The maximum atomic E-state index is 12.6. The van der Waals surface area contributed by atoms with Crippen molar-refractivity contribution in [3.05, 3.63) is 58.2 Å². The highest BCUT2D eigenvalue weighted by molar-refractivity contribution is 7.14. The first kappa shape index (κ1) is 21.7. The predicted octanol–water partition coefficient (Wildman–Crippen LogP) is 4.72. The number of carbonyl (C=O) groups is 1. The summed E-state index contributed by atoms with van der Waals surface area (Å²) >= 11 is 1.45. The molecule has 31 heavy (non-hydrogen) atoms. The number of rotatable bonds is 7. The number of benzene rings is 1. The van der Waals surface area contributed by atoms with Crippen LogP contribution in [-0.2, 0) is 17.8 Å². The average molecular weight is 439 g/mol. The molecule has 1 saturated heterocycles. The third kappa shape index (κ3) is 5.06. The van der Waals surface area contributed by atoms with Crippen molar-refractivity contribution in [3.63, 3.8) is 0 Å². The van der Waals surface area contributed by atoms with E-state index in [4.69, 9.17) is 4.74 Å². The Hall–Kier alpha value is -2.48. The van der Waals surface area contributed by atoms with Crippen LogP contribution in [0.5, 0.6) is 0 Å². The Morgan fingerprint density at radius 1 is 1.29 bits per heavy atom. The number of aromatic nitrogens is 2. The number of amides is 1. The summed E-state index contributed by atoms with van der Waals surface area (Å²) in [7, 11) is 4.06. The normalized spacial score (nSPS) is 16.2. The molecule has 1 atom stereocenters. The van der Waals surface area contributed by atoms with Crippen molar-refractivity contribution in [1.82, 2.24) is 14.5 Å². The number of aryl methyl sites for hydroxylation is 1. The van der Waals surface area contributed by atoms with Gasteiger partial charge in [-0.3, -0.25) is 10.1 Å². The zero-order valence-electron chi connectivity index (χ0n) is 18.6. The minimum absolute atomic E-state index is 0.138. The van der Waals surface area contributed by atoms with Crippen molar-refractivity contribution in [2.75, 3.05) is 26.0 Å². The predicted molar refractivity (Wildman–Crippen MR) is 126 cm³/mol. The maximum Gasteiger partial charge on any atom is 0.257 e. The van der Waals surface area contributed by atoms with Gasteiger partial charge in [-0.15, -0.1) is 11.3 Å². The molecule has 1 amide bonds. The van der Waals surface area contributed by atoms with Crippen molar-refractivity contribution in [3.8, 4) is 11.3 Å². The molecule has 4 rings (SSSR count). The van der Waals surface area contributed by atoms with Gasteiger partial charge in [0, 0.05) is 47.6 Å². The molecule has 6 nitrogen and oxygen atoms in total. The number of hydrogen-bond donors (Lipinski definition) is 1. The van der Waals surface area contributed by atoms with E-state index in [0.717, 1.165) is 43.8 Å². The van der Waals surface area contributed by atoms with Crippen molar-refractivity contribution in [2.45, 2.75) is 45.9 Å². The van der Waals surface area contributed by atoms with Gasteiger partial charge >= 0.3 is 0 Å². The minimum Gasteiger partial charge on any atom is -0.376 e. The molecular formula is C24H30N4O2S. The van der Waals surface area contributed by atoms with E-state index in [-0.39, 0.29) is 5.91 Å². The molecule has 0 radical (unpaired) electrons. The largest absolute Gasteiger partial charge is 0.376 e. The first-order chi connectivity index (χ1) is 14.9. The lowest BCUT2D eigenvalue weighted by Crippen LogP contribution is -2.16. The average Bonchev–Trinajstić information content (AvgIpc) is 3.46. The van der Waals surface area contributed by atoms with Gasteiger partial charge in [0.05, 0.1) is 11.8 Å². The molecule has 0 saturated carbocycles. The van der Waals surface area contributed by atoms with Crippen molar-refractivity contribution < 1.29 is 9.53 Å². The maximum absolute atomic E-state index is 12.6. The van der Waals surface area contributed by atoms with E-state index in [0.29, 0.717) is 16.8 Å². The van der Waals surface area contributed by atoms with E-state index in [1.165, 1.54) is 28.3 Å². The number of carbonyl (C=O) groups excluding carboxylic acids is 1. The van der Waals surface area contributed by atoms with Crippen LogP contribution in [0.25, 0.3) is 11.3 Å². The van der Waals surface area contributed by atoms with Crippen LogP contribution in [0.2, 0.25) is 0 Å². The standard InChI is InChI=1S/C24H30N4O2S/c1-16-12-21(17(2)28(16)14-20-6-5-11-30-20)22-15-31-24(25-22)26-23(29)19-9-7-18(8-10-19)13-27(3)4/h7-10,12,15,20H,5-6,11,13-14H2,1-4H3,(H,25,26,29)/t20-/m1/s1. The van der Waals surface area contributed by atoms with Crippen LogP contribution < -0.4 is 5.32 Å². The molecule has 3 aromatic rings. The number of thiazole rings is 1. The van der Waals surface area contributed by atoms with Gasteiger partial charge in [-0.05, 0) is 64.5 Å². The lowest BCUT2D eigenvalue weighted by atomic mass is 10.1. The second-order valence-corrected chi connectivity index (χ2v) is 9.32. The fraction of sp³-hybridized carbons (Fsp3) is 0.417. The molecular weight excluding hydrogens is 408 g/mol. The van der Waals surface area contributed by atoms with E-state index >= 15 is 0 Å². The first-order valence-electron chi connectivity index (χ1n) is 10.7. The number of anilines is 1. The SMILES string of the molecule is Cc1cc(-c2csc(NC(=O)c3ccc(CN(C)C)cc3)n2)c(C)n1C[C@H]1CCCO1. The Kier molecular flexibility index (Phi) is 6.55. The number of nitrogens with zero attached hydrogens (tertiary/aromatic N) is 3. The summed E-state index contributed by atoms with van der Waals surface area (Å²) in [6, 6.07) is 9.88. The van der Waals surface area contributed by atoms with Gasteiger partial charge in [0.15, 0.2) is 5.13 Å². The van der Waals surface area contributed by atoms with Crippen LogP contribution in [0.1, 0.15) is 40.2 Å². The van der Waals surface area contributed by atoms with Gasteiger partial charge in [0.25, 0.3) is 5.91 Å². The van der Waals surface area contributed by atoms with Crippen LogP contribution in [0.15, 0.2) is 35.7 Å². The second-order valence-electron chi connectivity index (χ2n) is 8.46. The fourth-order valence-corrected chi connectivity index (χ4v) is 4.79. The quantitative estimate of drug-likeness (QED) is 0.580. The van der Waals surface area contributed by atoms with Crippen LogP contribution in [0, 0.1) is 13.8 Å². The Labute approximate surface area is 187 Å². The molecule has 164 valence electrons. The van der Waals surface area contributed by atoms with Crippen molar-refractivity contribution >= 4 is 22.4 Å². The molecule has 0 aliphatic carbocycles. The summed E-state index contributed by atoms with van der Waals surface area (Å²) in [6.07, 6.45) is 2.56. The number of ether oxygens (including phenoxy) is 1. The van der Waals surface area contributed by atoms with E-state index in [9.17, 15) is 4.79 Å². The molecule has 0 spiro atoms. The summed E-state index contributed by atoms with van der Waals surface area (Å²) in [5.41, 5.74) is 6.21. The highest BCUT2D eigenvalue weighted by Crippen LogP contribution is 2.31. The third-order valence-corrected chi connectivity index (χ3v) is 6.46. The van der Waals surface area contributed by atoms with E-state index in [1.807, 2.05) is 43.7 Å². The van der Waals surface area contributed by atoms with Gasteiger partial charge in [0.2, 0.25) is 0 Å². The zero-order chi connectivity index (χ0) is 22.0. The number of hydrogen-bond acceptors (Lipinski definition) is 5. The molecule has 2 aromatic heterocycles. The lowest BCUT2D eigenvalue weighted by Gasteiger charge is -2.14. The molecule has 0 unspecified atom stereocenters. The molecule has 1 aromatic carbocycles. The molecule has 1 N–H and O–H groups in total. The molecule has 1 aliphatic rings. The molecule has 1 aliphatic heterocycles. The van der Waals surface area contributed by atoms with Crippen LogP contribution in [-0.4, -0.2) is 47.2 Å². The fourth-order valence-electron chi connectivity index (χ4n) is 4.08. The highest BCUT2D eigenvalue weighted by Gasteiger charge is 2.20. The van der Waals surface area contributed by atoms with Crippen LogP contribution in [0.3, 0.4) is 0 Å². The topological polar surface area (TPSA) is 59.4 Å². The van der Waals surface area contributed by atoms with E-state index < -0.39 is 0 Å². The molecule has 0 bridgehead atoms. The highest BCUT2D eigenvalue weighted by atomic mass is 32.1. The summed E-state index contributed by atoms with van der Waals surface area (Å²) in [6.45, 7) is 6.85. The van der Waals surface area contributed by atoms with Crippen LogP contribution >= 0.6 is 11.3 Å². The zero-order valence-corrected chi connectivity index (χ0v) is 19.5. The van der Waals surface area contributed by atoms with Crippen LogP contribution in [0.4, 0.5) is 5.13 Å². The van der Waals surface area contributed by atoms with Gasteiger partial charge in [-0.25, -0.2) is 4.98 Å². The Bertz CT molecular complexity index is 1050. The Balaban J connectivity index is 1.45.